The van der Waals surface area contributed by atoms with E-state index in [1.54, 1.807) is 32.9 Å². The highest BCUT2D eigenvalue weighted by Crippen LogP contribution is 2.44. The van der Waals surface area contributed by atoms with E-state index in [1.807, 2.05) is 66.7 Å². The first-order valence-corrected chi connectivity index (χ1v) is 14.1. The van der Waals surface area contributed by atoms with Crippen molar-refractivity contribution >= 4 is 24.1 Å². The molecule has 226 valence electrons. The standard InChI is InChI=1S/C33H37N3O7/c1-21(35-32(40)43-33(2,3)4)29(37)34-18-28(30(38)41-19-22-12-6-5-7-13-22)36-31(39)42-20-27-25-16-10-8-14-23(25)24-15-9-11-17-26(24)27/h5-17,21,27-28H,18-20H2,1-4H3,(H,34,37)(H,35,40)(H,36,39). The fourth-order valence-electron chi connectivity index (χ4n) is 4.71. The first kappa shape index (κ1) is 31.1. The smallest absolute Gasteiger partial charge is 0.408 e. The van der Waals surface area contributed by atoms with Gasteiger partial charge in [-0.1, -0.05) is 78.9 Å². The molecule has 0 saturated carbocycles. The van der Waals surface area contributed by atoms with Gasteiger partial charge in [-0.3, -0.25) is 4.79 Å². The summed E-state index contributed by atoms with van der Waals surface area (Å²) in [5, 5.41) is 7.55. The normalized spacial score (nSPS) is 13.5. The fraction of sp³-hybridized carbons (Fsp3) is 0.333. The van der Waals surface area contributed by atoms with Crippen LogP contribution in [0, 0.1) is 0 Å². The third-order valence-electron chi connectivity index (χ3n) is 6.75. The summed E-state index contributed by atoms with van der Waals surface area (Å²) in [4.78, 5) is 50.7. The lowest BCUT2D eigenvalue weighted by Gasteiger charge is -2.23. The van der Waals surface area contributed by atoms with Crippen molar-refractivity contribution in [1.29, 1.82) is 0 Å². The number of esters is 1. The van der Waals surface area contributed by atoms with Crippen molar-refractivity contribution in [2.75, 3.05) is 13.2 Å². The van der Waals surface area contributed by atoms with Crippen molar-refractivity contribution in [2.45, 2.75) is 57.9 Å². The summed E-state index contributed by atoms with van der Waals surface area (Å²) in [6.07, 6.45) is -1.59. The molecule has 3 aromatic rings. The Kier molecular flexibility index (Phi) is 10.0. The maximum atomic E-state index is 13.0. The predicted molar refractivity (Wildman–Crippen MR) is 160 cm³/mol. The van der Waals surface area contributed by atoms with Crippen LogP contribution in [-0.2, 0) is 30.4 Å². The Balaban J connectivity index is 1.38. The van der Waals surface area contributed by atoms with Crippen molar-refractivity contribution in [3.63, 3.8) is 0 Å². The van der Waals surface area contributed by atoms with Crippen molar-refractivity contribution in [1.82, 2.24) is 16.0 Å². The number of ether oxygens (including phenoxy) is 3. The van der Waals surface area contributed by atoms with Crippen LogP contribution in [0.4, 0.5) is 9.59 Å². The number of carbonyl (C=O) groups is 4. The lowest BCUT2D eigenvalue weighted by Crippen LogP contribution is -2.53. The van der Waals surface area contributed by atoms with Crippen LogP contribution in [0.5, 0.6) is 0 Å². The molecular formula is C33H37N3O7. The van der Waals surface area contributed by atoms with Gasteiger partial charge in [0.2, 0.25) is 5.91 Å². The largest absolute Gasteiger partial charge is 0.459 e. The van der Waals surface area contributed by atoms with Crippen molar-refractivity contribution < 1.29 is 33.4 Å². The van der Waals surface area contributed by atoms with Gasteiger partial charge in [0.15, 0.2) is 0 Å². The van der Waals surface area contributed by atoms with Crippen molar-refractivity contribution in [3.8, 4) is 11.1 Å². The summed E-state index contributed by atoms with van der Waals surface area (Å²) >= 11 is 0. The molecule has 0 heterocycles. The van der Waals surface area contributed by atoms with Crippen LogP contribution in [0.25, 0.3) is 11.1 Å². The Morgan fingerprint density at radius 3 is 1.95 bits per heavy atom. The lowest BCUT2D eigenvalue weighted by molar-refractivity contribution is -0.147. The van der Waals surface area contributed by atoms with Crippen LogP contribution in [-0.4, -0.2) is 54.9 Å². The minimum atomic E-state index is -1.25. The predicted octanol–water partition coefficient (Wildman–Crippen LogP) is 4.67. The molecule has 1 aliphatic carbocycles. The van der Waals surface area contributed by atoms with Crippen LogP contribution < -0.4 is 16.0 Å². The third kappa shape index (κ3) is 8.57. The first-order chi connectivity index (χ1) is 20.5. The van der Waals surface area contributed by atoms with Gasteiger partial charge < -0.3 is 30.2 Å². The van der Waals surface area contributed by atoms with E-state index in [0.29, 0.717) is 0 Å². The molecule has 0 radical (unpaired) electrons. The average Bonchev–Trinajstić information content (AvgIpc) is 3.29. The van der Waals surface area contributed by atoms with Crippen LogP contribution in [0.3, 0.4) is 0 Å². The molecular weight excluding hydrogens is 550 g/mol. The lowest BCUT2D eigenvalue weighted by atomic mass is 9.98. The molecule has 43 heavy (non-hydrogen) atoms. The van der Waals surface area contributed by atoms with Gasteiger partial charge in [-0.15, -0.1) is 0 Å². The van der Waals surface area contributed by atoms with Crippen molar-refractivity contribution in [2.24, 2.45) is 0 Å². The second kappa shape index (κ2) is 13.9. The van der Waals surface area contributed by atoms with E-state index in [9.17, 15) is 19.2 Å². The molecule has 0 saturated heterocycles. The molecule has 0 bridgehead atoms. The van der Waals surface area contributed by atoms with Crippen LogP contribution in [0.2, 0.25) is 0 Å². The van der Waals surface area contributed by atoms with Crippen LogP contribution in [0.1, 0.15) is 50.3 Å². The molecule has 2 unspecified atom stereocenters. The van der Waals surface area contributed by atoms with E-state index < -0.39 is 41.7 Å². The molecule has 3 amide bonds. The first-order valence-electron chi connectivity index (χ1n) is 14.1. The topological polar surface area (TPSA) is 132 Å². The molecule has 10 heteroatoms. The monoisotopic (exact) mass is 587 g/mol. The minimum Gasteiger partial charge on any atom is -0.459 e. The number of amides is 3. The Morgan fingerprint density at radius 2 is 1.35 bits per heavy atom. The number of benzene rings is 3. The Labute approximate surface area is 251 Å². The van der Waals surface area contributed by atoms with E-state index in [0.717, 1.165) is 27.8 Å². The summed E-state index contributed by atoms with van der Waals surface area (Å²) in [6, 6.07) is 22.8. The number of fused-ring (bicyclic) bond motifs is 3. The maximum Gasteiger partial charge on any atom is 0.408 e. The molecule has 4 rings (SSSR count). The summed E-state index contributed by atoms with van der Waals surface area (Å²) in [5.74, 6) is -1.51. The second-order valence-corrected chi connectivity index (χ2v) is 11.2. The molecule has 0 fully saturated rings. The van der Waals surface area contributed by atoms with Gasteiger partial charge >= 0.3 is 18.2 Å². The van der Waals surface area contributed by atoms with E-state index >= 15 is 0 Å². The van der Waals surface area contributed by atoms with E-state index in [2.05, 4.69) is 16.0 Å². The van der Waals surface area contributed by atoms with Gasteiger partial charge in [0.05, 0.1) is 0 Å². The van der Waals surface area contributed by atoms with Gasteiger partial charge in [-0.25, -0.2) is 14.4 Å². The molecule has 1 aliphatic rings. The molecule has 3 N–H and O–H groups in total. The molecule has 0 aliphatic heterocycles. The zero-order valence-corrected chi connectivity index (χ0v) is 24.7. The number of alkyl carbamates (subject to hydrolysis) is 2. The Bertz CT molecular complexity index is 1410. The Morgan fingerprint density at radius 1 is 0.767 bits per heavy atom. The van der Waals surface area contributed by atoms with Gasteiger partial charge in [0.1, 0.15) is 30.9 Å². The average molecular weight is 588 g/mol. The summed E-state index contributed by atoms with van der Waals surface area (Å²) in [7, 11) is 0. The van der Waals surface area contributed by atoms with E-state index in [4.69, 9.17) is 14.2 Å². The number of hydrogen-bond acceptors (Lipinski definition) is 7. The number of rotatable bonds is 10. The van der Waals surface area contributed by atoms with E-state index in [1.165, 1.54) is 6.92 Å². The molecule has 2 atom stereocenters. The second-order valence-electron chi connectivity index (χ2n) is 11.2. The molecule has 0 aromatic heterocycles. The van der Waals surface area contributed by atoms with Crippen LogP contribution in [0.15, 0.2) is 78.9 Å². The highest BCUT2D eigenvalue weighted by molar-refractivity contribution is 5.87. The molecule has 3 aromatic carbocycles. The minimum absolute atomic E-state index is 0.0207. The SMILES string of the molecule is CC(NC(=O)OC(C)(C)C)C(=O)NCC(NC(=O)OCC1c2ccccc2-c2ccccc21)C(=O)OCc1ccccc1. The highest BCUT2D eigenvalue weighted by atomic mass is 16.6. The summed E-state index contributed by atoms with van der Waals surface area (Å²) in [6.45, 7) is 6.33. The molecule has 10 nitrogen and oxygen atoms in total. The summed E-state index contributed by atoms with van der Waals surface area (Å²) < 4.78 is 16.2. The van der Waals surface area contributed by atoms with Gasteiger partial charge in [-0.2, -0.15) is 0 Å². The summed E-state index contributed by atoms with van der Waals surface area (Å²) in [5.41, 5.74) is 4.30. The van der Waals surface area contributed by atoms with Gasteiger partial charge in [0.25, 0.3) is 0 Å². The fourth-order valence-corrected chi connectivity index (χ4v) is 4.71. The zero-order chi connectivity index (χ0) is 31.0. The van der Waals surface area contributed by atoms with Gasteiger partial charge in [-0.05, 0) is 55.5 Å². The molecule has 0 spiro atoms. The third-order valence-corrected chi connectivity index (χ3v) is 6.75. The maximum absolute atomic E-state index is 13.0. The van der Waals surface area contributed by atoms with Crippen molar-refractivity contribution in [3.05, 3.63) is 95.6 Å². The number of carbonyl (C=O) groups excluding carboxylic acids is 4. The van der Waals surface area contributed by atoms with E-state index in [-0.39, 0.29) is 25.7 Å². The van der Waals surface area contributed by atoms with Gasteiger partial charge in [0, 0.05) is 12.5 Å². The number of hydrogen-bond donors (Lipinski definition) is 3. The Hall–Kier alpha value is -4.86. The van der Waals surface area contributed by atoms with Crippen LogP contribution >= 0.6 is 0 Å². The quantitative estimate of drug-likeness (QED) is 0.232. The zero-order valence-electron chi connectivity index (χ0n) is 24.7. The number of nitrogens with one attached hydrogen (secondary N) is 3. The highest BCUT2D eigenvalue weighted by Gasteiger charge is 2.30.